The second-order valence-electron chi connectivity index (χ2n) is 6.44. The Labute approximate surface area is 132 Å². The molecule has 2 atom stereocenters. The lowest BCUT2D eigenvalue weighted by atomic mass is 9.87. The number of piperidine rings is 1. The average Bonchev–Trinajstić information content (AvgIpc) is 2.93. The summed E-state index contributed by atoms with van der Waals surface area (Å²) in [7, 11) is 0. The second-order valence-corrected chi connectivity index (χ2v) is 6.44. The maximum absolute atomic E-state index is 14.0. The fraction of sp³-hybridized carbons (Fsp3) is 0.500. The summed E-state index contributed by atoms with van der Waals surface area (Å²) < 4.78 is 27.9. The van der Waals surface area contributed by atoms with Gasteiger partial charge in [-0.05, 0) is 17.7 Å². The topological polar surface area (TPSA) is 75.0 Å². The normalized spacial score (nSPS) is 24.9. The summed E-state index contributed by atoms with van der Waals surface area (Å²) in [6.45, 7) is 4.26. The molecule has 1 fully saturated rings. The molecule has 23 heavy (non-hydrogen) atoms. The molecule has 0 aromatic carbocycles. The largest absolute Gasteiger partial charge is 0.364 e. The van der Waals surface area contributed by atoms with Gasteiger partial charge in [0.25, 0.3) is 11.8 Å². The van der Waals surface area contributed by atoms with Crippen molar-refractivity contribution in [1.82, 2.24) is 14.9 Å². The van der Waals surface area contributed by atoms with Crippen molar-refractivity contribution in [1.29, 1.82) is 0 Å². The number of nitrogens with one attached hydrogen (secondary N) is 1. The zero-order chi connectivity index (χ0) is 16.8. The van der Waals surface area contributed by atoms with Gasteiger partial charge in [-0.25, -0.2) is 13.8 Å². The quantitative estimate of drug-likeness (QED) is 0.911. The van der Waals surface area contributed by atoms with Crippen LogP contribution in [0.4, 0.5) is 8.78 Å². The van der Waals surface area contributed by atoms with Crippen LogP contribution in [-0.2, 0) is 6.54 Å². The molecule has 1 aliphatic heterocycles. The van der Waals surface area contributed by atoms with Gasteiger partial charge in [0.15, 0.2) is 0 Å². The van der Waals surface area contributed by atoms with Crippen LogP contribution in [0.3, 0.4) is 0 Å². The third kappa shape index (κ3) is 2.81. The van der Waals surface area contributed by atoms with Gasteiger partial charge >= 0.3 is 0 Å². The SMILES string of the molecule is C[C@@H]1CN(Cc2cc(C(N)=O)nc3cc[nH]c23)C[C@H](C)C1(F)F. The van der Waals surface area contributed by atoms with E-state index in [1.165, 1.54) is 0 Å². The maximum Gasteiger partial charge on any atom is 0.267 e. The van der Waals surface area contributed by atoms with Crippen LogP contribution < -0.4 is 5.73 Å². The molecule has 0 spiro atoms. The molecule has 3 N–H and O–H groups in total. The van der Waals surface area contributed by atoms with Crippen molar-refractivity contribution in [3.63, 3.8) is 0 Å². The standard InChI is InChI=1S/C16H20F2N4O/c1-9-6-22(7-10(2)16(9,17)18)8-11-5-13(15(19)23)21-12-3-4-20-14(11)12/h3-5,9-10,20H,6-8H2,1-2H3,(H2,19,23)/t9-,10+. The van der Waals surface area contributed by atoms with Crippen molar-refractivity contribution >= 4 is 16.9 Å². The zero-order valence-corrected chi connectivity index (χ0v) is 13.1. The highest BCUT2D eigenvalue weighted by molar-refractivity contribution is 5.94. The van der Waals surface area contributed by atoms with E-state index in [4.69, 9.17) is 5.73 Å². The van der Waals surface area contributed by atoms with Gasteiger partial charge < -0.3 is 10.7 Å². The number of alkyl halides is 2. The summed E-state index contributed by atoms with van der Waals surface area (Å²) in [6, 6.07) is 3.41. The van der Waals surface area contributed by atoms with Crippen LogP contribution in [0.1, 0.15) is 29.9 Å². The monoisotopic (exact) mass is 322 g/mol. The van der Waals surface area contributed by atoms with E-state index in [0.29, 0.717) is 25.2 Å². The molecule has 0 bridgehead atoms. The van der Waals surface area contributed by atoms with E-state index in [0.717, 1.165) is 11.1 Å². The number of hydrogen-bond donors (Lipinski definition) is 2. The predicted molar refractivity (Wildman–Crippen MR) is 83.2 cm³/mol. The van der Waals surface area contributed by atoms with Gasteiger partial charge in [-0.3, -0.25) is 9.69 Å². The number of halogens is 2. The summed E-state index contributed by atoms with van der Waals surface area (Å²) in [4.78, 5) is 20.7. The highest BCUT2D eigenvalue weighted by Crippen LogP contribution is 2.38. The summed E-state index contributed by atoms with van der Waals surface area (Å²) in [5.74, 6) is -4.65. The van der Waals surface area contributed by atoms with Gasteiger partial charge in [0.2, 0.25) is 0 Å². The molecule has 3 rings (SSSR count). The minimum Gasteiger partial charge on any atom is -0.364 e. The molecule has 124 valence electrons. The molecule has 5 nitrogen and oxygen atoms in total. The minimum atomic E-state index is -2.64. The van der Waals surface area contributed by atoms with Crippen LogP contribution in [0.2, 0.25) is 0 Å². The Morgan fingerprint density at radius 1 is 1.43 bits per heavy atom. The van der Waals surface area contributed by atoms with Gasteiger partial charge in [0.05, 0.1) is 11.0 Å². The summed E-state index contributed by atoms with van der Waals surface area (Å²) >= 11 is 0. The first-order chi connectivity index (χ1) is 10.8. The number of primary amides is 1. The molecular formula is C16H20F2N4O. The van der Waals surface area contributed by atoms with Gasteiger partial charge in [-0.1, -0.05) is 13.8 Å². The number of fused-ring (bicyclic) bond motifs is 1. The Kier molecular flexibility index (Phi) is 3.83. The average molecular weight is 322 g/mol. The van der Waals surface area contributed by atoms with E-state index in [-0.39, 0.29) is 5.69 Å². The van der Waals surface area contributed by atoms with Crippen molar-refractivity contribution in [2.45, 2.75) is 26.3 Å². The number of aromatic nitrogens is 2. The molecule has 0 radical (unpaired) electrons. The molecule has 0 aliphatic carbocycles. The van der Waals surface area contributed by atoms with Crippen LogP contribution in [0.25, 0.3) is 11.0 Å². The first kappa shape index (κ1) is 15.9. The Balaban J connectivity index is 1.90. The van der Waals surface area contributed by atoms with E-state index < -0.39 is 23.7 Å². The smallest absolute Gasteiger partial charge is 0.267 e. The Morgan fingerprint density at radius 2 is 2.09 bits per heavy atom. The number of carbonyl (C=O) groups is 1. The van der Waals surface area contributed by atoms with Crippen LogP contribution in [0.15, 0.2) is 18.3 Å². The van der Waals surface area contributed by atoms with Crippen LogP contribution in [0, 0.1) is 11.8 Å². The zero-order valence-electron chi connectivity index (χ0n) is 13.1. The van der Waals surface area contributed by atoms with E-state index in [1.807, 2.05) is 4.90 Å². The third-order valence-corrected chi connectivity index (χ3v) is 4.62. The lowest BCUT2D eigenvalue weighted by molar-refractivity contribution is -0.140. The molecule has 0 unspecified atom stereocenters. The number of rotatable bonds is 3. The van der Waals surface area contributed by atoms with Crippen LogP contribution >= 0.6 is 0 Å². The molecule has 2 aromatic heterocycles. The fourth-order valence-electron chi connectivity index (χ4n) is 3.31. The highest BCUT2D eigenvalue weighted by atomic mass is 19.3. The molecule has 1 saturated heterocycles. The predicted octanol–water partition coefficient (Wildman–Crippen LogP) is 2.38. The van der Waals surface area contributed by atoms with E-state index in [9.17, 15) is 13.6 Å². The number of H-pyrrole nitrogens is 1. The molecule has 3 heterocycles. The van der Waals surface area contributed by atoms with Crippen molar-refractivity contribution in [3.05, 3.63) is 29.6 Å². The van der Waals surface area contributed by atoms with E-state index in [2.05, 4.69) is 9.97 Å². The number of likely N-dealkylation sites (tertiary alicyclic amines) is 1. The van der Waals surface area contributed by atoms with Gasteiger partial charge in [0, 0.05) is 37.7 Å². The second kappa shape index (κ2) is 5.56. The highest BCUT2D eigenvalue weighted by Gasteiger charge is 2.46. The molecule has 1 amide bonds. The summed E-state index contributed by atoms with van der Waals surface area (Å²) in [5, 5.41) is 0. The Hall–Kier alpha value is -2.02. The lowest BCUT2D eigenvalue weighted by Crippen LogP contribution is -2.51. The van der Waals surface area contributed by atoms with Gasteiger partial charge in [0.1, 0.15) is 5.69 Å². The third-order valence-electron chi connectivity index (χ3n) is 4.62. The van der Waals surface area contributed by atoms with Crippen molar-refractivity contribution in [2.75, 3.05) is 13.1 Å². The molecular weight excluding hydrogens is 302 g/mol. The number of hydrogen-bond acceptors (Lipinski definition) is 3. The molecule has 0 saturated carbocycles. The fourth-order valence-corrected chi connectivity index (χ4v) is 3.31. The van der Waals surface area contributed by atoms with Crippen LogP contribution in [-0.4, -0.2) is 39.8 Å². The van der Waals surface area contributed by atoms with Crippen molar-refractivity contribution < 1.29 is 13.6 Å². The molecule has 2 aromatic rings. The van der Waals surface area contributed by atoms with Crippen molar-refractivity contribution in [2.24, 2.45) is 17.6 Å². The number of aromatic amines is 1. The maximum atomic E-state index is 14.0. The van der Waals surface area contributed by atoms with E-state index in [1.54, 1.807) is 32.2 Å². The Bertz CT molecular complexity index is 729. The number of carbonyl (C=O) groups excluding carboxylic acids is 1. The molecule has 1 aliphatic rings. The lowest BCUT2D eigenvalue weighted by Gasteiger charge is -2.41. The van der Waals surface area contributed by atoms with Crippen LogP contribution in [0.5, 0.6) is 0 Å². The Morgan fingerprint density at radius 3 is 2.70 bits per heavy atom. The summed E-state index contributed by atoms with van der Waals surface area (Å²) in [5.41, 5.74) is 7.83. The number of amides is 1. The summed E-state index contributed by atoms with van der Waals surface area (Å²) in [6.07, 6.45) is 1.74. The minimum absolute atomic E-state index is 0.190. The number of pyridine rings is 1. The first-order valence-corrected chi connectivity index (χ1v) is 7.66. The van der Waals surface area contributed by atoms with Gasteiger partial charge in [-0.2, -0.15) is 0 Å². The first-order valence-electron chi connectivity index (χ1n) is 7.66. The van der Waals surface area contributed by atoms with Gasteiger partial charge in [-0.15, -0.1) is 0 Å². The molecule has 7 heteroatoms. The number of nitrogens with zero attached hydrogens (tertiary/aromatic N) is 2. The van der Waals surface area contributed by atoms with E-state index >= 15 is 0 Å². The number of nitrogens with two attached hydrogens (primary N) is 1. The van der Waals surface area contributed by atoms with Crippen molar-refractivity contribution in [3.8, 4) is 0 Å².